The number of hydrogen-bond donors (Lipinski definition) is 0. The van der Waals surface area contributed by atoms with Crippen molar-refractivity contribution in [1.29, 1.82) is 0 Å². The predicted molar refractivity (Wildman–Crippen MR) is 76.2 cm³/mol. The van der Waals surface area contributed by atoms with E-state index < -0.39 is 6.36 Å². The van der Waals surface area contributed by atoms with Gasteiger partial charge in [-0.15, -0.1) is 13.2 Å². The van der Waals surface area contributed by atoms with Crippen molar-refractivity contribution < 1.29 is 17.9 Å². The fourth-order valence-corrected chi connectivity index (χ4v) is 3.22. The van der Waals surface area contributed by atoms with Crippen molar-refractivity contribution in [2.24, 2.45) is 0 Å². The number of benzene rings is 1. The van der Waals surface area contributed by atoms with E-state index >= 15 is 0 Å². The van der Waals surface area contributed by atoms with Crippen molar-refractivity contribution in [3.05, 3.63) is 22.8 Å². The normalized spacial score (nSPS) is 17.3. The summed E-state index contributed by atoms with van der Waals surface area (Å²) in [4.78, 5) is 0. The summed E-state index contributed by atoms with van der Waals surface area (Å²) in [7, 11) is 0. The zero-order valence-electron chi connectivity index (χ0n) is 11.2. The predicted octanol–water partition coefficient (Wildman–Crippen LogP) is 5.20. The maximum Gasteiger partial charge on any atom is 0.573 e. The fourth-order valence-electron chi connectivity index (χ4n) is 2.78. The number of nitrogens with zero attached hydrogens (tertiary/aromatic N) is 2. The Bertz CT molecular complexity index is 647. The van der Waals surface area contributed by atoms with Crippen molar-refractivity contribution >= 4 is 26.8 Å². The van der Waals surface area contributed by atoms with Gasteiger partial charge in [0.05, 0.1) is 16.0 Å². The van der Waals surface area contributed by atoms with Gasteiger partial charge in [0.2, 0.25) is 0 Å². The van der Waals surface area contributed by atoms with E-state index in [2.05, 4.69) is 25.8 Å². The Morgan fingerprint density at radius 1 is 1.19 bits per heavy atom. The van der Waals surface area contributed by atoms with Crippen LogP contribution < -0.4 is 4.74 Å². The van der Waals surface area contributed by atoms with Gasteiger partial charge in [-0.05, 0) is 34.8 Å². The molecule has 1 aromatic heterocycles. The Morgan fingerprint density at radius 3 is 2.57 bits per heavy atom. The first kappa shape index (κ1) is 14.7. The number of halogens is 4. The molecule has 0 saturated heterocycles. The lowest BCUT2D eigenvalue weighted by Crippen LogP contribution is -2.17. The first-order valence-corrected chi connectivity index (χ1v) is 7.66. The molecule has 2 aromatic rings. The molecule has 0 amide bonds. The molecule has 0 bridgehead atoms. The average Bonchev–Trinajstić information content (AvgIpc) is 2.81. The molecule has 21 heavy (non-hydrogen) atoms. The lowest BCUT2D eigenvalue weighted by Gasteiger charge is -2.21. The number of hydrogen-bond acceptors (Lipinski definition) is 2. The van der Waals surface area contributed by atoms with Crippen molar-refractivity contribution in [3.63, 3.8) is 0 Å². The van der Waals surface area contributed by atoms with Crippen LogP contribution in [0.1, 0.15) is 38.1 Å². The van der Waals surface area contributed by atoms with E-state index in [4.69, 9.17) is 0 Å². The van der Waals surface area contributed by atoms with Gasteiger partial charge in [-0.3, -0.25) is 4.68 Å². The number of alkyl halides is 3. The molecule has 1 heterocycles. The van der Waals surface area contributed by atoms with E-state index in [0.717, 1.165) is 18.2 Å². The first-order valence-electron chi connectivity index (χ1n) is 6.86. The van der Waals surface area contributed by atoms with Crippen LogP contribution in [0.15, 0.2) is 22.8 Å². The molecule has 1 aliphatic carbocycles. The van der Waals surface area contributed by atoms with E-state index in [0.29, 0.717) is 11.6 Å². The summed E-state index contributed by atoms with van der Waals surface area (Å²) in [5.41, 5.74) is 0.517. The molecule has 3 rings (SSSR count). The van der Waals surface area contributed by atoms with Gasteiger partial charge in [-0.2, -0.15) is 5.10 Å². The minimum Gasteiger partial charge on any atom is -0.405 e. The smallest absolute Gasteiger partial charge is 0.405 e. The topological polar surface area (TPSA) is 27.1 Å². The van der Waals surface area contributed by atoms with Crippen LogP contribution in [0.25, 0.3) is 10.9 Å². The molecule has 1 fully saturated rings. The molecule has 114 valence electrons. The summed E-state index contributed by atoms with van der Waals surface area (Å²) in [5.74, 6) is -0.260. The first-order chi connectivity index (χ1) is 9.92. The molecule has 0 radical (unpaired) electrons. The standard InChI is InChI=1S/C14H14BrF3N2O/c15-11-6-9-8-20(10-4-2-1-3-5-10)19-12(9)7-13(11)21-14(16,17)18/h6-8,10H,1-5H2. The molecule has 7 heteroatoms. The van der Waals surface area contributed by atoms with Gasteiger partial charge in [-0.25, -0.2) is 0 Å². The lowest BCUT2D eigenvalue weighted by atomic mass is 9.96. The third-order valence-electron chi connectivity index (χ3n) is 3.75. The van der Waals surface area contributed by atoms with Crippen LogP contribution in [0.5, 0.6) is 5.75 Å². The van der Waals surface area contributed by atoms with Gasteiger partial charge >= 0.3 is 6.36 Å². The lowest BCUT2D eigenvalue weighted by molar-refractivity contribution is -0.274. The zero-order valence-corrected chi connectivity index (χ0v) is 12.7. The average molecular weight is 363 g/mol. The molecule has 1 aromatic carbocycles. The molecule has 0 unspecified atom stereocenters. The molecule has 1 saturated carbocycles. The monoisotopic (exact) mass is 362 g/mol. The maximum absolute atomic E-state index is 12.3. The third-order valence-corrected chi connectivity index (χ3v) is 4.37. The minimum atomic E-state index is -4.71. The van der Waals surface area contributed by atoms with Crippen LogP contribution in [0, 0.1) is 0 Å². The van der Waals surface area contributed by atoms with Gasteiger partial charge in [0.1, 0.15) is 5.75 Å². The Kier molecular flexibility index (Phi) is 3.86. The molecule has 1 aliphatic rings. The molecule has 0 spiro atoms. The van der Waals surface area contributed by atoms with E-state index in [9.17, 15) is 13.2 Å². The van der Waals surface area contributed by atoms with Gasteiger partial charge < -0.3 is 4.74 Å². The van der Waals surface area contributed by atoms with Gasteiger partial charge in [0, 0.05) is 17.6 Å². The largest absolute Gasteiger partial charge is 0.573 e. The maximum atomic E-state index is 12.3. The van der Waals surface area contributed by atoms with Crippen molar-refractivity contribution in [2.45, 2.75) is 44.5 Å². The van der Waals surface area contributed by atoms with Crippen LogP contribution in [0.2, 0.25) is 0 Å². The second-order valence-electron chi connectivity index (χ2n) is 5.29. The Labute approximate surface area is 128 Å². The van der Waals surface area contributed by atoms with Crippen LogP contribution in [0.3, 0.4) is 0 Å². The second kappa shape index (κ2) is 5.51. The summed E-state index contributed by atoms with van der Waals surface area (Å²) in [6.07, 6.45) is 2.92. The van der Waals surface area contributed by atoms with Crippen LogP contribution in [-0.2, 0) is 0 Å². The Balaban J connectivity index is 1.94. The Hall–Kier alpha value is -1.24. The van der Waals surface area contributed by atoms with Crippen molar-refractivity contribution in [2.75, 3.05) is 0 Å². The number of aromatic nitrogens is 2. The second-order valence-corrected chi connectivity index (χ2v) is 6.14. The van der Waals surface area contributed by atoms with Gasteiger partial charge in [-0.1, -0.05) is 19.3 Å². The highest BCUT2D eigenvalue weighted by Gasteiger charge is 2.32. The zero-order chi connectivity index (χ0) is 15.0. The molecule has 0 aliphatic heterocycles. The molecule has 0 N–H and O–H groups in total. The quantitative estimate of drug-likeness (QED) is 0.733. The number of ether oxygens (including phenoxy) is 1. The van der Waals surface area contributed by atoms with Gasteiger partial charge in [0.15, 0.2) is 0 Å². The van der Waals surface area contributed by atoms with Gasteiger partial charge in [0.25, 0.3) is 0 Å². The van der Waals surface area contributed by atoms with E-state index in [1.54, 1.807) is 6.07 Å². The van der Waals surface area contributed by atoms with Crippen LogP contribution in [0.4, 0.5) is 13.2 Å². The molecular formula is C14H14BrF3N2O. The highest BCUT2D eigenvalue weighted by molar-refractivity contribution is 9.10. The summed E-state index contributed by atoms with van der Waals surface area (Å²) in [6.45, 7) is 0. The molecule has 3 nitrogen and oxygen atoms in total. The molecule has 0 atom stereocenters. The number of fused-ring (bicyclic) bond motifs is 1. The van der Waals surface area contributed by atoms with E-state index in [1.807, 2.05) is 10.9 Å². The van der Waals surface area contributed by atoms with Crippen LogP contribution >= 0.6 is 15.9 Å². The highest BCUT2D eigenvalue weighted by Crippen LogP contribution is 2.35. The van der Waals surface area contributed by atoms with Crippen molar-refractivity contribution in [3.8, 4) is 5.75 Å². The fraction of sp³-hybridized carbons (Fsp3) is 0.500. The SMILES string of the molecule is FC(F)(F)Oc1cc2nn(C3CCCCC3)cc2cc1Br. The number of rotatable bonds is 2. The summed E-state index contributed by atoms with van der Waals surface area (Å²) >= 11 is 3.11. The van der Waals surface area contributed by atoms with Crippen LogP contribution in [-0.4, -0.2) is 16.1 Å². The summed E-state index contributed by atoms with van der Waals surface area (Å²) in [6, 6.07) is 3.28. The summed E-state index contributed by atoms with van der Waals surface area (Å²) < 4.78 is 43.2. The highest BCUT2D eigenvalue weighted by atomic mass is 79.9. The summed E-state index contributed by atoms with van der Waals surface area (Å²) in [5, 5.41) is 5.22. The van der Waals surface area contributed by atoms with E-state index in [1.165, 1.54) is 25.3 Å². The van der Waals surface area contributed by atoms with Crippen molar-refractivity contribution in [1.82, 2.24) is 9.78 Å². The third kappa shape index (κ3) is 3.33. The minimum absolute atomic E-state index is 0.260. The molecular weight excluding hydrogens is 349 g/mol. The van der Waals surface area contributed by atoms with E-state index in [-0.39, 0.29) is 10.2 Å². The Morgan fingerprint density at radius 2 is 1.90 bits per heavy atom.